The van der Waals surface area contributed by atoms with Crippen molar-refractivity contribution in [3.63, 3.8) is 0 Å². The number of benzene rings is 2. The number of carbonyl (C=O) groups excluding carboxylic acids is 2. The van der Waals surface area contributed by atoms with E-state index in [-0.39, 0.29) is 24.4 Å². The Morgan fingerprint density at radius 2 is 1.86 bits per heavy atom. The third-order valence-electron chi connectivity index (χ3n) is 6.27. The summed E-state index contributed by atoms with van der Waals surface area (Å²) in [6, 6.07) is 19.2. The van der Waals surface area contributed by atoms with Crippen molar-refractivity contribution in [3.05, 3.63) is 87.6 Å². The Balaban J connectivity index is 1.59. The van der Waals surface area contributed by atoms with Gasteiger partial charge in [-0.2, -0.15) is 0 Å². The zero-order valence-electron chi connectivity index (χ0n) is 20.3. The lowest BCUT2D eigenvalue weighted by atomic mass is 9.93. The lowest BCUT2D eigenvalue weighted by Crippen LogP contribution is -2.47. The van der Waals surface area contributed by atoms with E-state index < -0.39 is 0 Å². The first kappa shape index (κ1) is 24.9. The van der Waals surface area contributed by atoms with Crippen LogP contribution in [0.5, 0.6) is 5.75 Å². The molecule has 0 saturated heterocycles. The molecule has 6 nitrogen and oxygen atoms in total. The molecule has 7 heteroatoms. The van der Waals surface area contributed by atoms with E-state index >= 15 is 0 Å². The third-order valence-corrected chi connectivity index (χ3v) is 7.27. The van der Waals surface area contributed by atoms with Crippen molar-refractivity contribution in [2.75, 3.05) is 40.0 Å². The Kier molecular flexibility index (Phi) is 8.55. The first-order valence-corrected chi connectivity index (χ1v) is 12.9. The van der Waals surface area contributed by atoms with Crippen LogP contribution in [0.4, 0.5) is 0 Å². The van der Waals surface area contributed by atoms with E-state index in [4.69, 9.17) is 9.47 Å². The second-order valence-corrected chi connectivity index (χ2v) is 9.43. The molecule has 0 aliphatic carbocycles. The number of rotatable bonds is 10. The van der Waals surface area contributed by atoms with Crippen molar-refractivity contribution >= 4 is 23.2 Å². The largest absolute Gasteiger partial charge is 0.496 e. The molecule has 1 unspecified atom stereocenters. The van der Waals surface area contributed by atoms with E-state index in [0.29, 0.717) is 44.0 Å². The van der Waals surface area contributed by atoms with Crippen LogP contribution in [0.25, 0.3) is 0 Å². The van der Waals surface area contributed by atoms with E-state index in [0.717, 1.165) is 12.0 Å². The molecule has 0 spiro atoms. The van der Waals surface area contributed by atoms with Gasteiger partial charge in [-0.15, -0.1) is 11.3 Å². The number of hydrogen-bond donors (Lipinski definition) is 0. The molecule has 1 aliphatic heterocycles. The molecule has 4 rings (SSSR count). The highest BCUT2D eigenvalue weighted by Gasteiger charge is 2.34. The van der Waals surface area contributed by atoms with Gasteiger partial charge < -0.3 is 19.3 Å². The van der Waals surface area contributed by atoms with Gasteiger partial charge in [0.15, 0.2) is 0 Å². The average Bonchev–Trinajstić information content (AvgIpc) is 3.39. The van der Waals surface area contributed by atoms with E-state index in [2.05, 4.69) is 23.6 Å². The summed E-state index contributed by atoms with van der Waals surface area (Å²) in [6.07, 6.45) is 1.48. The summed E-state index contributed by atoms with van der Waals surface area (Å²) in [5.74, 6) is 0.231. The van der Waals surface area contributed by atoms with Crippen LogP contribution in [0.15, 0.2) is 66.0 Å². The molecule has 2 amide bonds. The fraction of sp³-hybridized carbons (Fsp3) is 0.357. The molecular formula is C28H32N2O4S. The van der Waals surface area contributed by atoms with Crippen molar-refractivity contribution in [2.24, 2.45) is 0 Å². The number of para-hydroxylation sites is 1. The highest BCUT2D eigenvalue weighted by molar-refractivity contribution is 7.10. The van der Waals surface area contributed by atoms with E-state index in [1.807, 2.05) is 42.2 Å². The number of ether oxygens (including phenoxy) is 2. The molecule has 3 aromatic rings. The SMILES string of the molecule is CCOCCCN(CC(=O)N1CCc2sccc2C1c1ccccc1)C(=O)c1ccccc1OC. The fourth-order valence-corrected chi connectivity index (χ4v) is 5.48. The number of fused-ring (bicyclic) bond motifs is 1. The predicted molar refractivity (Wildman–Crippen MR) is 138 cm³/mol. The number of thiophene rings is 1. The van der Waals surface area contributed by atoms with Crippen molar-refractivity contribution in [3.8, 4) is 5.75 Å². The molecule has 0 N–H and O–H groups in total. The van der Waals surface area contributed by atoms with E-state index in [1.54, 1.807) is 35.5 Å². The second-order valence-electron chi connectivity index (χ2n) is 8.43. The van der Waals surface area contributed by atoms with Gasteiger partial charge in [0, 0.05) is 31.2 Å². The van der Waals surface area contributed by atoms with Crippen molar-refractivity contribution in [2.45, 2.75) is 25.8 Å². The van der Waals surface area contributed by atoms with E-state index in [1.165, 1.54) is 10.4 Å². The minimum atomic E-state index is -0.211. The molecule has 2 heterocycles. The lowest BCUT2D eigenvalue weighted by Gasteiger charge is -2.37. The van der Waals surface area contributed by atoms with Crippen LogP contribution in [0.1, 0.15) is 45.7 Å². The van der Waals surface area contributed by atoms with E-state index in [9.17, 15) is 9.59 Å². The highest BCUT2D eigenvalue weighted by atomic mass is 32.1. The Hall–Kier alpha value is -3.16. The molecule has 0 bridgehead atoms. The van der Waals surface area contributed by atoms with Crippen LogP contribution < -0.4 is 4.74 Å². The standard InChI is InChI=1S/C28H32N2O4S/c1-3-34-18-9-16-29(28(32)22-12-7-8-13-24(22)33-2)20-26(31)30-17-14-25-23(15-19-35-25)27(30)21-10-5-4-6-11-21/h4-8,10-13,15,19,27H,3,9,14,16-18,20H2,1-2H3. The molecule has 184 valence electrons. The Labute approximate surface area is 211 Å². The van der Waals surface area contributed by atoms with Gasteiger partial charge in [0.25, 0.3) is 5.91 Å². The van der Waals surface area contributed by atoms with Gasteiger partial charge >= 0.3 is 0 Å². The molecule has 0 radical (unpaired) electrons. The molecule has 2 aromatic carbocycles. The second kappa shape index (κ2) is 12.0. The summed E-state index contributed by atoms with van der Waals surface area (Å²) in [4.78, 5) is 32.2. The van der Waals surface area contributed by atoms with Gasteiger partial charge in [0.1, 0.15) is 12.3 Å². The van der Waals surface area contributed by atoms with Gasteiger partial charge in [-0.3, -0.25) is 9.59 Å². The Bertz CT molecular complexity index is 1130. The van der Waals surface area contributed by atoms with Crippen molar-refractivity contribution in [1.82, 2.24) is 9.80 Å². The number of amides is 2. The summed E-state index contributed by atoms with van der Waals surface area (Å²) in [5, 5.41) is 2.10. The molecule has 0 fully saturated rings. The zero-order valence-corrected chi connectivity index (χ0v) is 21.1. The van der Waals surface area contributed by atoms with Crippen LogP contribution in [-0.2, 0) is 16.0 Å². The van der Waals surface area contributed by atoms with Crippen molar-refractivity contribution < 1.29 is 19.1 Å². The summed E-state index contributed by atoms with van der Waals surface area (Å²) >= 11 is 1.74. The molecule has 0 saturated carbocycles. The summed E-state index contributed by atoms with van der Waals surface area (Å²) in [5.41, 5.74) is 2.72. The minimum absolute atomic E-state index is 0.00576. The van der Waals surface area contributed by atoms with Crippen LogP contribution in [-0.4, -0.2) is 61.6 Å². The third kappa shape index (κ3) is 5.74. The maximum Gasteiger partial charge on any atom is 0.258 e. The predicted octanol–water partition coefficient (Wildman–Crippen LogP) is 4.80. The molecule has 1 aliphatic rings. The maximum atomic E-state index is 13.8. The van der Waals surface area contributed by atoms with Gasteiger partial charge in [-0.05, 0) is 54.5 Å². The van der Waals surface area contributed by atoms with Crippen LogP contribution in [0.3, 0.4) is 0 Å². The first-order chi connectivity index (χ1) is 17.1. The molecular weight excluding hydrogens is 460 g/mol. The zero-order chi connectivity index (χ0) is 24.6. The van der Waals surface area contributed by atoms with Crippen LogP contribution in [0.2, 0.25) is 0 Å². The van der Waals surface area contributed by atoms with Gasteiger partial charge in [0.2, 0.25) is 5.91 Å². The first-order valence-electron chi connectivity index (χ1n) is 12.0. The number of methoxy groups -OCH3 is 1. The van der Waals surface area contributed by atoms with Gasteiger partial charge in [-0.1, -0.05) is 42.5 Å². The van der Waals surface area contributed by atoms with Crippen LogP contribution in [0, 0.1) is 0 Å². The fourth-order valence-electron chi connectivity index (χ4n) is 4.58. The van der Waals surface area contributed by atoms with Crippen LogP contribution >= 0.6 is 11.3 Å². The maximum absolute atomic E-state index is 13.8. The summed E-state index contributed by atoms with van der Waals surface area (Å²) < 4.78 is 10.9. The summed E-state index contributed by atoms with van der Waals surface area (Å²) in [7, 11) is 1.55. The Morgan fingerprint density at radius 1 is 1.09 bits per heavy atom. The van der Waals surface area contributed by atoms with Gasteiger partial charge in [-0.25, -0.2) is 0 Å². The monoisotopic (exact) mass is 492 g/mol. The number of carbonyl (C=O) groups is 2. The smallest absolute Gasteiger partial charge is 0.258 e. The lowest BCUT2D eigenvalue weighted by molar-refractivity contribution is -0.134. The number of nitrogens with zero attached hydrogens (tertiary/aromatic N) is 2. The highest BCUT2D eigenvalue weighted by Crippen LogP contribution is 2.37. The molecule has 1 aromatic heterocycles. The average molecular weight is 493 g/mol. The van der Waals surface area contributed by atoms with Gasteiger partial charge in [0.05, 0.1) is 18.7 Å². The normalized spacial score (nSPS) is 14.9. The molecule has 1 atom stereocenters. The Morgan fingerprint density at radius 3 is 2.63 bits per heavy atom. The minimum Gasteiger partial charge on any atom is -0.496 e. The van der Waals surface area contributed by atoms with Crippen molar-refractivity contribution in [1.29, 1.82) is 0 Å². The topological polar surface area (TPSA) is 59.1 Å². The molecule has 35 heavy (non-hydrogen) atoms. The summed E-state index contributed by atoms with van der Waals surface area (Å²) in [6.45, 7) is 4.16. The quantitative estimate of drug-likeness (QED) is 0.382. The number of hydrogen-bond acceptors (Lipinski definition) is 5.